The molecule has 0 saturated heterocycles. The molecule has 406 valence electrons. The molecule has 19 rings (SSSR count). The first-order chi connectivity index (χ1) is 43.6. The molecule has 0 bridgehead atoms. The Balaban J connectivity index is 0.707. The van der Waals surface area contributed by atoms with Crippen LogP contribution in [-0.4, -0.2) is 0 Å². The highest BCUT2D eigenvalue weighted by Gasteiger charge is 2.23. The Bertz CT molecular complexity index is 6060. The van der Waals surface area contributed by atoms with Crippen molar-refractivity contribution < 1.29 is 8.83 Å². The summed E-state index contributed by atoms with van der Waals surface area (Å²) in [6.45, 7) is 0. The van der Waals surface area contributed by atoms with E-state index in [1.165, 1.54) is 131 Å². The van der Waals surface area contributed by atoms with Gasteiger partial charge in [0.25, 0.3) is 0 Å². The first-order valence-corrected chi connectivity index (χ1v) is 30.4. The van der Waals surface area contributed by atoms with Gasteiger partial charge in [-0.1, -0.05) is 237 Å². The van der Waals surface area contributed by atoms with Crippen molar-refractivity contribution in [2.24, 2.45) is 0 Å². The zero-order valence-electron chi connectivity index (χ0n) is 47.7. The van der Waals surface area contributed by atoms with Crippen molar-refractivity contribution in [2.75, 3.05) is 0 Å². The Morgan fingerprint density at radius 2 is 0.534 bits per heavy atom. The van der Waals surface area contributed by atoms with E-state index in [2.05, 4.69) is 303 Å². The van der Waals surface area contributed by atoms with E-state index in [0.717, 1.165) is 66.0 Å². The summed E-state index contributed by atoms with van der Waals surface area (Å²) < 4.78 is 13.6. The second-order valence-electron chi connectivity index (χ2n) is 23.7. The van der Waals surface area contributed by atoms with Crippen LogP contribution in [0.15, 0.2) is 312 Å². The molecule has 0 amide bonds. The molecule has 0 atom stereocenters. The highest BCUT2D eigenvalue weighted by molar-refractivity contribution is 6.27. The molecule has 0 saturated carbocycles. The van der Waals surface area contributed by atoms with Crippen LogP contribution in [0.2, 0.25) is 0 Å². The largest absolute Gasteiger partial charge is 0.456 e. The van der Waals surface area contributed by atoms with Crippen LogP contribution in [0, 0.1) is 0 Å². The summed E-state index contributed by atoms with van der Waals surface area (Å²) in [4.78, 5) is 0. The molecule has 17 aromatic carbocycles. The molecule has 0 aliphatic heterocycles. The lowest BCUT2D eigenvalue weighted by Crippen LogP contribution is -1.92. The molecule has 19 aromatic rings. The lowest BCUT2D eigenvalue weighted by atomic mass is 9.83. The van der Waals surface area contributed by atoms with Crippen LogP contribution in [0.1, 0.15) is 0 Å². The molecule has 0 aliphatic rings. The van der Waals surface area contributed by atoms with Crippen molar-refractivity contribution in [1.82, 2.24) is 0 Å². The summed E-state index contributed by atoms with van der Waals surface area (Å²) in [6.07, 6.45) is 0. The summed E-state index contributed by atoms with van der Waals surface area (Å²) in [5.74, 6) is 0. The van der Waals surface area contributed by atoms with E-state index in [9.17, 15) is 0 Å². The summed E-state index contributed by atoms with van der Waals surface area (Å²) in [7, 11) is 0. The van der Waals surface area contributed by atoms with Crippen LogP contribution in [0.3, 0.4) is 0 Å². The van der Waals surface area contributed by atoms with Crippen molar-refractivity contribution in [3.63, 3.8) is 0 Å². The molecule has 2 heterocycles. The van der Waals surface area contributed by atoms with Gasteiger partial charge in [-0.15, -0.1) is 0 Å². The van der Waals surface area contributed by atoms with Crippen LogP contribution in [0.4, 0.5) is 0 Å². The number of rotatable bonds is 6. The number of fused-ring (bicyclic) bond motifs is 15. The summed E-state index contributed by atoms with van der Waals surface area (Å²) in [5, 5.41) is 23.8. The minimum Gasteiger partial charge on any atom is -0.456 e. The van der Waals surface area contributed by atoms with Gasteiger partial charge in [-0.25, -0.2) is 0 Å². The van der Waals surface area contributed by atoms with Crippen LogP contribution in [0.5, 0.6) is 0 Å². The molecule has 2 aromatic heterocycles. The Morgan fingerprint density at radius 1 is 0.148 bits per heavy atom. The molecular weight excluding hydrogens is 1060 g/mol. The van der Waals surface area contributed by atoms with Gasteiger partial charge in [0.05, 0.1) is 0 Å². The monoisotopic (exact) mass is 1110 g/mol. The van der Waals surface area contributed by atoms with E-state index < -0.39 is 0 Å². The van der Waals surface area contributed by atoms with Crippen molar-refractivity contribution in [1.29, 1.82) is 0 Å². The topological polar surface area (TPSA) is 26.3 Å². The first kappa shape index (κ1) is 48.8. The van der Waals surface area contributed by atoms with Crippen LogP contribution in [-0.2, 0) is 0 Å². The standard InChI is InChI=1S/C86H50O2/c1-2-18-51(19-3-1)61-22-6-9-25-66(61)85-71-30-14-10-26-67(71)83(68-27-11-15-31-72(68)85)58-39-41-65-77-45-56-35-34-54(42-60(56)50-82(77)88-80(65)49-58)55-36-37-57-46-78(63-24-8-7-23-62(63)75(57)43-55)86-73-32-16-12-28-69(73)84(70-29-13-17-33-74(70)86)59-38-40-64-76-44-52-20-4-5-21-53(52)47-81(76)87-79(64)48-59/h1-50H. The van der Waals surface area contributed by atoms with Gasteiger partial charge in [-0.2, -0.15) is 0 Å². The number of hydrogen-bond acceptors (Lipinski definition) is 2. The maximum atomic E-state index is 6.92. The minimum atomic E-state index is 0.877. The third kappa shape index (κ3) is 7.36. The van der Waals surface area contributed by atoms with Crippen molar-refractivity contribution in [2.45, 2.75) is 0 Å². The summed E-state index contributed by atoms with van der Waals surface area (Å²) in [6, 6.07) is 112. The zero-order chi connectivity index (χ0) is 57.6. The fourth-order valence-corrected chi connectivity index (χ4v) is 15.0. The van der Waals surface area contributed by atoms with Gasteiger partial charge < -0.3 is 8.83 Å². The van der Waals surface area contributed by atoms with Crippen molar-refractivity contribution in [3.05, 3.63) is 303 Å². The molecule has 0 radical (unpaired) electrons. The molecule has 0 N–H and O–H groups in total. The lowest BCUT2D eigenvalue weighted by molar-refractivity contribution is 0.669. The average Bonchev–Trinajstić information content (AvgIpc) is 1.02. The second-order valence-corrected chi connectivity index (χ2v) is 23.7. The van der Waals surface area contributed by atoms with E-state index in [0.29, 0.717) is 0 Å². The van der Waals surface area contributed by atoms with Gasteiger partial charge in [0.15, 0.2) is 0 Å². The number of benzene rings is 17. The second kappa shape index (κ2) is 19.0. The van der Waals surface area contributed by atoms with Crippen LogP contribution >= 0.6 is 0 Å². The van der Waals surface area contributed by atoms with Gasteiger partial charge in [0.1, 0.15) is 22.3 Å². The van der Waals surface area contributed by atoms with Gasteiger partial charge in [-0.05, 0) is 220 Å². The molecule has 0 spiro atoms. The molecule has 2 heteroatoms. The highest BCUT2D eigenvalue weighted by atomic mass is 16.3. The van der Waals surface area contributed by atoms with E-state index in [-0.39, 0.29) is 0 Å². The van der Waals surface area contributed by atoms with Gasteiger partial charge in [0.2, 0.25) is 0 Å². The maximum absolute atomic E-state index is 6.92. The van der Waals surface area contributed by atoms with Crippen LogP contribution in [0.25, 0.3) is 197 Å². The summed E-state index contributed by atoms with van der Waals surface area (Å²) in [5.41, 5.74) is 18.0. The molecular formula is C86H50O2. The lowest BCUT2D eigenvalue weighted by Gasteiger charge is -2.20. The smallest absolute Gasteiger partial charge is 0.136 e. The molecule has 88 heavy (non-hydrogen) atoms. The van der Waals surface area contributed by atoms with Crippen molar-refractivity contribution in [3.8, 4) is 66.8 Å². The van der Waals surface area contributed by atoms with E-state index in [1.54, 1.807) is 0 Å². The highest BCUT2D eigenvalue weighted by Crippen LogP contribution is 2.50. The maximum Gasteiger partial charge on any atom is 0.136 e. The Morgan fingerprint density at radius 3 is 1.09 bits per heavy atom. The molecule has 0 fully saturated rings. The van der Waals surface area contributed by atoms with Gasteiger partial charge in [0, 0.05) is 21.5 Å². The Hall–Kier alpha value is -11.6. The zero-order valence-corrected chi connectivity index (χ0v) is 47.7. The number of hydrogen-bond donors (Lipinski definition) is 0. The third-order valence-corrected chi connectivity index (χ3v) is 19.0. The van der Waals surface area contributed by atoms with Crippen molar-refractivity contribution >= 4 is 130 Å². The predicted octanol–water partition coefficient (Wildman–Crippen LogP) is 24.7. The fraction of sp³-hybridized carbons (Fsp3) is 0. The summed E-state index contributed by atoms with van der Waals surface area (Å²) >= 11 is 0. The fourth-order valence-electron chi connectivity index (χ4n) is 15.0. The molecule has 0 unspecified atom stereocenters. The van der Waals surface area contributed by atoms with E-state index in [4.69, 9.17) is 8.83 Å². The SMILES string of the molecule is c1ccc(-c2ccccc2-c2c3ccccc3c(-c3ccc4c(c3)oc3cc5cc(-c6ccc7cc(-c8c9ccccc9c(-c9ccc%10c(c9)oc9cc%11ccccc%11cc9%10)c9ccccc89)c8ccccc8c7c6)ccc5cc34)c3ccccc23)cc1. The first-order valence-electron chi connectivity index (χ1n) is 30.4. The van der Waals surface area contributed by atoms with E-state index in [1.807, 2.05) is 0 Å². The van der Waals surface area contributed by atoms with Gasteiger partial charge >= 0.3 is 0 Å². The minimum absolute atomic E-state index is 0.877. The predicted molar refractivity (Wildman–Crippen MR) is 374 cm³/mol. The quantitative estimate of drug-likeness (QED) is 0.123. The van der Waals surface area contributed by atoms with E-state index >= 15 is 0 Å². The number of furan rings is 2. The molecule has 0 aliphatic carbocycles. The molecule has 2 nitrogen and oxygen atoms in total. The Kier molecular flexibility index (Phi) is 10.5. The van der Waals surface area contributed by atoms with Gasteiger partial charge in [-0.3, -0.25) is 0 Å². The third-order valence-electron chi connectivity index (χ3n) is 19.0. The van der Waals surface area contributed by atoms with Crippen LogP contribution < -0.4 is 0 Å². The average molecular weight is 1120 g/mol. The normalized spacial score (nSPS) is 12.1. The Labute approximate surface area is 506 Å².